The van der Waals surface area contributed by atoms with Gasteiger partial charge in [0, 0.05) is 24.5 Å². The normalized spacial score (nSPS) is 17.9. The molecule has 28 heavy (non-hydrogen) atoms. The van der Waals surface area contributed by atoms with Gasteiger partial charge in [0.1, 0.15) is 12.3 Å². The minimum absolute atomic E-state index is 0.0137. The molecule has 0 atom stereocenters. The fourth-order valence-electron chi connectivity index (χ4n) is 3.02. The van der Waals surface area contributed by atoms with Gasteiger partial charge in [0.2, 0.25) is 5.91 Å². The van der Waals surface area contributed by atoms with Crippen molar-refractivity contribution >= 4 is 41.2 Å². The van der Waals surface area contributed by atoms with Crippen molar-refractivity contribution in [1.82, 2.24) is 15.8 Å². The number of hydrogen-bond acceptors (Lipinski definition) is 6. The molecule has 1 aromatic rings. The van der Waals surface area contributed by atoms with E-state index in [1.165, 1.54) is 22.0 Å². The van der Waals surface area contributed by atoms with Gasteiger partial charge in [-0.15, -0.1) is 23.5 Å². The van der Waals surface area contributed by atoms with Gasteiger partial charge in [-0.05, 0) is 30.5 Å². The van der Waals surface area contributed by atoms with Gasteiger partial charge in [0.25, 0.3) is 11.8 Å². The van der Waals surface area contributed by atoms with Crippen LogP contribution in [0.1, 0.15) is 35.8 Å². The number of carbonyl (C=O) groups is 3. The maximum Gasteiger partial charge on any atom is 0.276 e. The Bertz CT molecular complexity index is 693. The number of nitrogens with one attached hydrogen (secondary N) is 2. The number of ether oxygens (including phenoxy) is 1. The maximum absolute atomic E-state index is 11.9. The highest BCUT2D eigenvalue weighted by Crippen LogP contribution is 2.45. The van der Waals surface area contributed by atoms with Crippen LogP contribution in [0.5, 0.6) is 5.75 Å². The third kappa shape index (κ3) is 6.34. The zero-order chi connectivity index (χ0) is 19.8. The van der Waals surface area contributed by atoms with E-state index in [4.69, 9.17) is 4.74 Å². The molecule has 152 valence electrons. The first kappa shape index (κ1) is 20.9. The van der Waals surface area contributed by atoms with Crippen molar-refractivity contribution in [3.8, 4) is 5.75 Å². The molecule has 3 amide bonds. The first-order valence-corrected chi connectivity index (χ1v) is 11.5. The Kier molecular flexibility index (Phi) is 7.90. The summed E-state index contributed by atoms with van der Waals surface area (Å²) >= 11 is 3.87. The molecule has 1 aromatic carbocycles. The minimum atomic E-state index is -0.457. The Morgan fingerprint density at radius 1 is 1.04 bits per heavy atom. The molecule has 2 heterocycles. The van der Waals surface area contributed by atoms with E-state index in [-0.39, 0.29) is 19.1 Å². The van der Waals surface area contributed by atoms with E-state index in [9.17, 15) is 14.4 Å². The lowest BCUT2D eigenvalue weighted by atomic mass is 10.2. The fraction of sp³-hybridized carbons (Fsp3) is 0.526. The first-order valence-electron chi connectivity index (χ1n) is 9.43. The topological polar surface area (TPSA) is 87.7 Å². The summed E-state index contributed by atoms with van der Waals surface area (Å²) < 4.78 is 5.94. The van der Waals surface area contributed by atoms with Crippen LogP contribution in [0, 0.1) is 0 Å². The molecule has 2 saturated heterocycles. The third-order valence-corrected chi connectivity index (χ3v) is 7.60. The second-order valence-corrected chi connectivity index (χ2v) is 9.38. The smallest absolute Gasteiger partial charge is 0.276 e. The molecule has 0 aromatic heterocycles. The lowest BCUT2D eigenvalue weighted by Crippen LogP contribution is -2.48. The van der Waals surface area contributed by atoms with Gasteiger partial charge < -0.3 is 9.64 Å². The summed E-state index contributed by atoms with van der Waals surface area (Å²) in [5.41, 5.74) is 5.91. The highest BCUT2D eigenvalue weighted by Gasteiger charge is 2.20. The number of thioether (sulfide) groups is 2. The molecule has 2 aliphatic rings. The van der Waals surface area contributed by atoms with E-state index in [2.05, 4.69) is 10.9 Å². The van der Waals surface area contributed by atoms with Crippen LogP contribution < -0.4 is 15.6 Å². The zero-order valence-corrected chi connectivity index (χ0v) is 17.3. The van der Waals surface area contributed by atoms with Crippen LogP contribution in [-0.2, 0) is 14.4 Å². The SMILES string of the molecule is O=C(COc1ccc(C2SCCS2)cc1)NNC(=O)CN1CCCCCC1=O. The maximum atomic E-state index is 11.9. The van der Waals surface area contributed by atoms with Gasteiger partial charge in [-0.1, -0.05) is 18.6 Å². The van der Waals surface area contributed by atoms with Crippen molar-refractivity contribution in [2.75, 3.05) is 31.2 Å². The highest BCUT2D eigenvalue weighted by molar-refractivity contribution is 8.19. The Morgan fingerprint density at radius 3 is 2.50 bits per heavy atom. The van der Waals surface area contributed by atoms with Crippen molar-refractivity contribution in [2.45, 2.75) is 30.3 Å². The molecule has 0 bridgehead atoms. The van der Waals surface area contributed by atoms with E-state index >= 15 is 0 Å². The van der Waals surface area contributed by atoms with Crippen LogP contribution in [0.3, 0.4) is 0 Å². The average Bonchev–Trinajstić information content (AvgIpc) is 3.17. The molecule has 7 nitrogen and oxygen atoms in total. The molecule has 0 aliphatic carbocycles. The Labute approximate surface area is 173 Å². The summed E-state index contributed by atoms with van der Waals surface area (Å²) in [7, 11) is 0. The van der Waals surface area contributed by atoms with E-state index in [1.54, 1.807) is 0 Å². The number of nitrogens with zero attached hydrogens (tertiary/aromatic N) is 1. The predicted octanol–water partition coefficient (Wildman–Crippen LogP) is 2.09. The van der Waals surface area contributed by atoms with Crippen LogP contribution in [0.4, 0.5) is 0 Å². The average molecular weight is 424 g/mol. The molecule has 3 rings (SSSR count). The second-order valence-electron chi connectivity index (χ2n) is 6.65. The minimum Gasteiger partial charge on any atom is -0.484 e. The van der Waals surface area contributed by atoms with Crippen LogP contribution in [0.2, 0.25) is 0 Å². The van der Waals surface area contributed by atoms with Crippen molar-refractivity contribution in [2.24, 2.45) is 0 Å². The first-order chi connectivity index (χ1) is 13.6. The van der Waals surface area contributed by atoms with Gasteiger partial charge in [-0.3, -0.25) is 25.2 Å². The van der Waals surface area contributed by atoms with Crippen LogP contribution in [0.25, 0.3) is 0 Å². The van der Waals surface area contributed by atoms with Gasteiger partial charge in [0.05, 0.1) is 4.58 Å². The molecule has 0 saturated carbocycles. The number of hydrazine groups is 1. The second kappa shape index (κ2) is 10.6. The van der Waals surface area contributed by atoms with Gasteiger partial charge in [-0.25, -0.2) is 0 Å². The molecule has 2 fully saturated rings. The molecule has 9 heteroatoms. The number of amides is 3. The quantitative estimate of drug-likeness (QED) is 0.682. The summed E-state index contributed by atoms with van der Waals surface area (Å²) in [5.74, 6) is 2.06. The van der Waals surface area contributed by atoms with Crippen LogP contribution in [0.15, 0.2) is 24.3 Å². The van der Waals surface area contributed by atoms with Crippen molar-refractivity contribution in [3.63, 3.8) is 0 Å². The molecule has 0 radical (unpaired) electrons. The third-order valence-electron chi connectivity index (χ3n) is 4.49. The van der Waals surface area contributed by atoms with E-state index in [1.807, 2.05) is 47.8 Å². The molecule has 0 spiro atoms. The van der Waals surface area contributed by atoms with E-state index in [0.717, 1.165) is 19.3 Å². The standard InChI is InChI=1S/C19H25N3O4S2/c23-16(12-22-9-3-1-2-4-18(22)25)20-21-17(24)13-26-15-7-5-14(6-8-15)19-27-10-11-28-19/h5-8,19H,1-4,9-13H2,(H,20,23)(H,21,24). The van der Waals surface area contributed by atoms with E-state index in [0.29, 0.717) is 23.3 Å². The summed E-state index contributed by atoms with van der Waals surface area (Å²) in [6.45, 7) is 0.338. The van der Waals surface area contributed by atoms with Crippen molar-refractivity contribution < 1.29 is 19.1 Å². The zero-order valence-electron chi connectivity index (χ0n) is 15.6. The summed E-state index contributed by atoms with van der Waals surface area (Å²) in [6.07, 6.45) is 3.24. The van der Waals surface area contributed by atoms with Gasteiger partial charge in [-0.2, -0.15) is 0 Å². The van der Waals surface area contributed by atoms with Crippen LogP contribution in [-0.4, -0.2) is 53.8 Å². The number of rotatable bonds is 6. The summed E-state index contributed by atoms with van der Waals surface area (Å²) in [5, 5.41) is 0. The Hall–Kier alpha value is -1.87. The number of hydrogen-bond donors (Lipinski definition) is 2. The number of likely N-dealkylation sites (tertiary alicyclic amines) is 1. The fourth-order valence-corrected chi connectivity index (χ4v) is 5.87. The monoisotopic (exact) mass is 423 g/mol. The summed E-state index contributed by atoms with van der Waals surface area (Å²) in [6, 6.07) is 7.74. The number of carbonyl (C=O) groups excluding carboxylic acids is 3. The van der Waals surface area contributed by atoms with Crippen LogP contribution >= 0.6 is 23.5 Å². The Morgan fingerprint density at radius 2 is 1.75 bits per heavy atom. The Balaban J connectivity index is 1.35. The van der Waals surface area contributed by atoms with Crippen molar-refractivity contribution in [1.29, 1.82) is 0 Å². The molecule has 0 unspecified atom stereocenters. The predicted molar refractivity (Wildman–Crippen MR) is 111 cm³/mol. The summed E-state index contributed by atoms with van der Waals surface area (Å²) in [4.78, 5) is 37.2. The lowest BCUT2D eigenvalue weighted by molar-refractivity contribution is -0.136. The number of benzene rings is 1. The molecule has 2 aliphatic heterocycles. The van der Waals surface area contributed by atoms with Gasteiger partial charge >= 0.3 is 0 Å². The van der Waals surface area contributed by atoms with Gasteiger partial charge in [0.15, 0.2) is 6.61 Å². The lowest BCUT2D eigenvalue weighted by Gasteiger charge is -2.19. The largest absolute Gasteiger partial charge is 0.484 e. The molecule has 2 N–H and O–H groups in total. The highest BCUT2D eigenvalue weighted by atomic mass is 32.2. The molecular formula is C19H25N3O4S2. The molecular weight excluding hydrogens is 398 g/mol. The van der Waals surface area contributed by atoms with E-state index < -0.39 is 11.8 Å². The van der Waals surface area contributed by atoms with Crippen molar-refractivity contribution in [3.05, 3.63) is 29.8 Å².